The van der Waals surface area contributed by atoms with Gasteiger partial charge in [0.1, 0.15) is 0 Å². The molecular formula is C14H20N2O3. The average Bonchev–Trinajstić information content (AvgIpc) is 2.40. The van der Waals surface area contributed by atoms with Gasteiger partial charge in [-0.1, -0.05) is 6.07 Å². The normalized spacial score (nSPS) is 22.8. The predicted octanol–water partition coefficient (Wildman–Crippen LogP) is 2.03. The number of nitrogen functional groups attached to an aromatic ring is 1. The maximum absolute atomic E-state index is 11.8. The third-order valence-electron chi connectivity index (χ3n) is 3.34. The molecule has 0 radical (unpaired) electrons. The van der Waals surface area contributed by atoms with Crippen molar-refractivity contribution in [3.63, 3.8) is 0 Å². The lowest BCUT2D eigenvalue weighted by atomic mass is 10.0. The van der Waals surface area contributed by atoms with Crippen LogP contribution in [0.1, 0.15) is 30.1 Å². The largest absolute Gasteiger partial charge is 0.465 e. The number of benzene rings is 1. The molecule has 1 heterocycles. The average molecular weight is 264 g/mol. The van der Waals surface area contributed by atoms with Crippen LogP contribution in [0.3, 0.4) is 0 Å². The van der Waals surface area contributed by atoms with E-state index in [1.165, 1.54) is 7.11 Å². The Morgan fingerprint density at radius 3 is 3.00 bits per heavy atom. The van der Waals surface area contributed by atoms with E-state index >= 15 is 0 Å². The lowest BCUT2D eigenvalue weighted by Gasteiger charge is -2.29. The van der Waals surface area contributed by atoms with E-state index in [9.17, 15) is 4.79 Å². The van der Waals surface area contributed by atoms with Gasteiger partial charge in [-0.15, -0.1) is 0 Å². The van der Waals surface area contributed by atoms with Gasteiger partial charge in [0.2, 0.25) is 0 Å². The van der Waals surface area contributed by atoms with Gasteiger partial charge < -0.3 is 20.5 Å². The molecule has 0 saturated carbocycles. The van der Waals surface area contributed by atoms with E-state index in [0.717, 1.165) is 19.4 Å². The summed E-state index contributed by atoms with van der Waals surface area (Å²) in [4.78, 5) is 11.8. The van der Waals surface area contributed by atoms with Crippen molar-refractivity contribution in [2.24, 2.45) is 0 Å². The summed E-state index contributed by atoms with van der Waals surface area (Å²) in [7, 11) is 1.37. The van der Waals surface area contributed by atoms with Gasteiger partial charge in [0.05, 0.1) is 30.2 Å². The molecule has 1 aromatic rings. The van der Waals surface area contributed by atoms with Crippen LogP contribution in [-0.2, 0) is 9.47 Å². The smallest absolute Gasteiger partial charge is 0.340 e. The fourth-order valence-electron chi connectivity index (χ4n) is 2.34. The number of anilines is 2. The molecule has 3 N–H and O–H groups in total. The molecule has 2 rings (SSSR count). The molecule has 19 heavy (non-hydrogen) atoms. The van der Waals surface area contributed by atoms with Crippen LogP contribution in [0, 0.1) is 0 Å². The SMILES string of the molecule is COC(=O)c1cccc(N)c1NC1CCOC(C)C1. The van der Waals surface area contributed by atoms with E-state index in [1.54, 1.807) is 18.2 Å². The third-order valence-corrected chi connectivity index (χ3v) is 3.34. The summed E-state index contributed by atoms with van der Waals surface area (Å²) in [6.45, 7) is 2.77. The van der Waals surface area contributed by atoms with E-state index in [4.69, 9.17) is 15.2 Å². The highest BCUT2D eigenvalue weighted by atomic mass is 16.5. The molecule has 1 aliphatic heterocycles. The molecule has 0 aliphatic carbocycles. The van der Waals surface area contributed by atoms with E-state index in [0.29, 0.717) is 16.9 Å². The Balaban J connectivity index is 2.21. The Kier molecular flexibility index (Phi) is 4.27. The first-order chi connectivity index (χ1) is 9.11. The second-order valence-corrected chi connectivity index (χ2v) is 4.81. The molecule has 1 aromatic carbocycles. The highest BCUT2D eigenvalue weighted by Gasteiger charge is 2.22. The van der Waals surface area contributed by atoms with Crippen LogP contribution >= 0.6 is 0 Å². The minimum Gasteiger partial charge on any atom is -0.465 e. The lowest BCUT2D eigenvalue weighted by Crippen LogP contribution is -2.33. The van der Waals surface area contributed by atoms with E-state index < -0.39 is 0 Å². The Bertz CT molecular complexity index is 462. The van der Waals surface area contributed by atoms with Crippen LogP contribution < -0.4 is 11.1 Å². The monoisotopic (exact) mass is 264 g/mol. The number of rotatable bonds is 3. The number of carbonyl (C=O) groups excluding carboxylic acids is 1. The van der Waals surface area contributed by atoms with E-state index in [1.807, 2.05) is 6.92 Å². The summed E-state index contributed by atoms with van der Waals surface area (Å²) in [6, 6.07) is 5.50. The second-order valence-electron chi connectivity index (χ2n) is 4.81. The highest BCUT2D eigenvalue weighted by molar-refractivity contribution is 5.98. The van der Waals surface area contributed by atoms with Crippen LogP contribution in [0.2, 0.25) is 0 Å². The molecule has 0 aromatic heterocycles. The number of hydrogen-bond donors (Lipinski definition) is 2. The van der Waals surface area contributed by atoms with E-state index in [-0.39, 0.29) is 18.1 Å². The van der Waals surface area contributed by atoms with Crippen molar-refractivity contribution < 1.29 is 14.3 Å². The summed E-state index contributed by atoms with van der Waals surface area (Å²) in [5, 5.41) is 3.36. The van der Waals surface area contributed by atoms with Gasteiger partial charge in [-0.05, 0) is 31.9 Å². The lowest BCUT2D eigenvalue weighted by molar-refractivity contribution is 0.0232. The van der Waals surface area contributed by atoms with Crippen molar-refractivity contribution in [3.8, 4) is 0 Å². The number of carbonyl (C=O) groups is 1. The van der Waals surface area contributed by atoms with E-state index in [2.05, 4.69) is 5.32 Å². The second kappa shape index (κ2) is 5.93. The van der Waals surface area contributed by atoms with Crippen LogP contribution in [0.15, 0.2) is 18.2 Å². The number of methoxy groups -OCH3 is 1. The first-order valence-electron chi connectivity index (χ1n) is 6.46. The van der Waals surface area contributed by atoms with Gasteiger partial charge in [0.15, 0.2) is 0 Å². The molecule has 1 saturated heterocycles. The van der Waals surface area contributed by atoms with Crippen molar-refractivity contribution in [2.45, 2.75) is 31.9 Å². The highest BCUT2D eigenvalue weighted by Crippen LogP contribution is 2.27. The standard InChI is InChI=1S/C14H20N2O3/c1-9-8-10(6-7-19-9)16-13-11(14(17)18-2)4-3-5-12(13)15/h3-5,9-10,16H,6-8,15H2,1-2H3. The first-order valence-corrected chi connectivity index (χ1v) is 6.46. The van der Waals surface area contributed by atoms with Crippen LogP contribution in [-0.4, -0.2) is 31.8 Å². The number of nitrogens with one attached hydrogen (secondary N) is 1. The zero-order valence-corrected chi connectivity index (χ0v) is 11.3. The van der Waals surface area contributed by atoms with Crippen LogP contribution in [0.25, 0.3) is 0 Å². The summed E-state index contributed by atoms with van der Waals surface area (Å²) >= 11 is 0. The van der Waals surface area contributed by atoms with Crippen molar-refractivity contribution in [3.05, 3.63) is 23.8 Å². The van der Waals surface area contributed by atoms with Crippen molar-refractivity contribution in [1.82, 2.24) is 0 Å². The molecule has 0 spiro atoms. The third kappa shape index (κ3) is 3.17. The number of esters is 1. The quantitative estimate of drug-likeness (QED) is 0.645. The molecule has 0 amide bonds. The molecule has 5 heteroatoms. The molecular weight excluding hydrogens is 244 g/mol. The van der Waals surface area contributed by atoms with Crippen LogP contribution in [0.5, 0.6) is 0 Å². The Labute approximate surface area is 113 Å². The minimum atomic E-state index is -0.380. The zero-order chi connectivity index (χ0) is 13.8. The zero-order valence-electron chi connectivity index (χ0n) is 11.3. The molecule has 104 valence electrons. The number of nitrogens with two attached hydrogens (primary N) is 1. The van der Waals surface area contributed by atoms with Gasteiger partial charge in [-0.2, -0.15) is 0 Å². The van der Waals surface area contributed by atoms with Gasteiger partial charge in [-0.3, -0.25) is 0 Å². The summed E-state index contributed by atoms with van der Waals surface area (Å²) in [5.41, 5.74) is 7.66. The number of hydrogen-bond acceptors (Lipinski definition) is 5. The Morgan fingerprint density at radius 2 is 2.32 bits per heavy atom. The van der Waals surface area contributed by atoms with Gasteiger partial charge in [0.25, 0.3) is 0 Å². The van der Waals surface area contributed by atoms with Gasteiger partial charge >= 0.3 is 5.97 Å². The maximum atomic E-state index is 11.8. The number of para-hydroxylation sites is 1. The van der Waals surface area contributed by atoms with Gasteiger partial charge in [0, 0.05) is 12.6 Å². The van der Waals surface area contributed by atoms with Crippen molar-refractivity contribution in [2.75, 3.05) is 24.8 Å². The molecule has 1 aliphatic rings. The van der Waals surface area contributed by atoms with Crippen LogP contribution in [0.4, 0.5) is 11.4 Å². The molecule has 2 unspecified atom stereocenters. The molecule has 5 nitrogen and oxygen atoms in total. The first kappa shape index (κ1) is 13.7. The fraction of sp³-hybridized carbons (Fsp3) is 0.500. The fourth-order valence-corrected chi connectivity index (χ4v) is 2.34. The molecule has 2 atom stereocenters. The van der Waals surface area contributed by atoms with Crippen molar-refractivity contribution in [1.29, 1.82) is 0 Å². The minimum absolute atomic E-state index is 0.220. The topological polar surface area (TPSA) is 73.6 Å². The van der Waals surface area contributed by atoms with Gasteiger partial charge in [-0.25, -0.2) is 4.79 Å². The summed E-state index contributed by atoms with van der Waals surface area (Å²) in [5.74, 6) is -0.380. The molecule has 1 fully saturated rings. The molecule has 0 bridgehead atoms. The summed E-state index contributed by atoms with van der Waals surface area (Å²) in [6.07, 6.45) is 2.02. The van der Waals surface area contributed by atoms with Crippen molar-refractivity contribution >= 4 is 17.3 Å². The predicted molar refractivity (Wildman–Crippen MR) is 74.3 cm³/mol. The maximum Gasteiger partial charge on any atom is 0.340 e. The Hall–Kier alpha value is -1.75. The summed E-state index contributed by atoms with van der Waals surface area (Å²) < 4.78 is 10.3. The number of ether oxygens (including phenoxy) is 2. The Morgan fingerprint density at radius 1 is 1.53 bits per heavy atom.